The Bertz CT molecular complexity index is 3010. The zero-order chi connectivity index (χ0) is 38.7. The van der Waals surface area contributed by atoms with Crippen molar-refractivity contribution in [2.24, 2.45) is 0 Å². The van der Waals surface area contributed by atoms with Crippen LogP contribution in [0.25, 0.3) is 56.5 Å². The lowest BCUT2D eigenvalue weighted by atomic mass is 9.73. The van der Waals surface area contributed by atoms with Gasteiger partial charge in [-0.2, -0.15) is 0 Å². The molecular formula is C53H46N2OS. The van der Waals surface area contributed by atoms with Crippen molar-refractivity contribution in [3.05, 3.63) is 171 Å². The van der Waals surface area contributed by atoms with Gasteiger partial charge in [0.25, 0.3) is 0 Å². The first-order chi connectivity index (χ1) is 27.9. The van der Waals surface area contributed by atoms with Crippen LogP contribution in [-0.2, 0) is 5.41 Å². The van der Waals surface area contributed by atoms with E-state index in [1.807, 2.05) is 17.4 Å². The number of benzene rings is 6. The Hall–Kier alpha value is -6.10. The Balaban J connectivity index is 1.14. The van der Waals surface area contributed by atoms with Crippen LogP contribution >= 0.6 is 11.3 Å². The molecule has 0 saturated carbocycles. The van der Waals surface area contributed by atoms with E-state index in [0.29, 0.717) is 0 Å². The van der Waals surface area contributed by atoms with E-state index >= 15 is 0 Å². The number of anilines is 5. The predicted molar refractivity (Wildman–Crippen MR) is 244 cm³/mol. The lowest BCUT2D eigenvalue weighted by Gasteiger charge is -2.42. The SMILES string of the molecule is CC/C=c1/oc2ccccc2/c1=C/C(C)N(c1ccccc1)c1ccc(-c2cc(N3c4ccccc4C(C)(C)c4ccccc43)cc3c4c(sc23)=CCCC=4)cc1. The molecular weight excluding hydrogens is 713 g/mol. The summed E-state index contributed by atoms with van der Waals surface area (Å²) in [6.45, 7) is 9.16. The number of fused-ring (bicyclic) bond motifs is 6. The van der Waals surface area contributed by atoms with Crippen LogP contribution in [0.3, 0.4) is 0 Å². The summed E-state index contributed by atoms with van der Waals surface area (Å²) in [4.78, 5) is 4.94. The minimum absolute atomic E-state index is 0.0388. The molecule has 1 unspecified atom stereocenters. The van der Waals surface area contributed by atoms with Gasteiger partial charge in [0, 0.05) is 53.3 Å². The molecule has 0 amide bonds. The maximum atomic E-state index is 6.35. The smallest absolute Gasteiger partial charge is 0.135 e. The van der Waals surface area contributed by atoms with Gasteiger partial charge in [-0.15, -0.1) is 11.3 Å². The van der Waals surface area contributed by atoms with Crippen molar-refractivity contribution in [1.29, 1.82) is 0 Å². The summed E-state index contributed by atoms with van der Waals surface area (Å²) in [6, 6.07) is 51.2. The largest absolute Gasteiger partial charge is 0.456 e. The first-order valence-electron chi connectivity index (χ1n) is 20.3. The average Bonchev–Trinajstić information content (AvgIpc) is 3.79. The van der Waals surface area contributed by atoms with Crippen LogP contribution in [0.4, 0.5) is 28.4 Å². The standard InChI is InChI=1S/C53H46N2OS/c1-5-17-49-43(40-20-9-15-26-50(40)56-49)32-35(2)54(37-18-7-6-8-19-37)38-30-28-36(29-31-38)42-33-39(34-44-41-21-10-16-27-51(41)57-52(42)44)55-47-24-13-11-22-45(47)53(3,4)46-23-12-14-25-48(46)55/h6-9,11-15,17-35H,5,10,16H2,1-4H3/b43-32-,49-17+. The van der Waals surface area contributed by atoms with Crippen molar-refractivity contribution in [3.63, 3.8) is 0 Å². The minimum Gasteiger partial charge on any atom is -0.456 e. The summed E-state index contributed by atoms with van der Waals surface area (Å²) in [5, 5.41) is 5.01. The molecule has 3 heterocycles. The molecule has 4 heteroatoms. The molecule has 6 aromatic carbocycles. The Morgan fingerprint density at radius 1 is 0.737 bits per heavy atom. The molecule has 280 valence electrons. The highest BCUT2D eigenvalue weighted by Gasteiger charge is 2.36. The maximum absolute atomic E-state index is 6.35. The van der Waals surface area contributed by atoms with Crippen molar-refractivity contribution >= 4 is 85.1 Å². The van der Waals surface area contributed by atoms with E-state index in [4.69, 9.17) is 4.42 Å². The molecule has 1 aliphatic carbocycles. The van der Waals surface area contributed by atoms with Crippen molar-refractivity contribution in [3.8, 4) is 11.1 Å². The van der Waals surface area contributed by atoms with Crippen LogP contribution in [0.1, 0.15) is 58.1 Å². The summed E-state index contributed by atoms with van der Waals surface area (Å²) < 4.78 is 9.08. The van der Waals surface area contributed by atoms with Crippen molar-refractivity contribution in [1.82, 2.24) is 0 Å². The highest BCUT2D eigenvalue weighted by molar-refractivity contribution is 7.17. The molecule has 0 spiro atoms. The van der Waals surface area contributed by atoms with Gasteiger partial charge in [0.1, 0.15) is 11.0 Å². The number of thiophene rings is 1. The number of para-hydroxylation sites is 4. The molecule has 1 atom stereocenters. The second-order valence-corrected chi connectivity index (χ2v) is 16.9. The molecule has 2 aliphatic rings. The fourth-order valence-corrected chi connectivity index (χ4v) is 10.5. The molecule has 8 aromatic rings. The number of hydrogen-bond acceptors (Lipinski definition) is 4. The summed E-state index contributed by atoms with van der Waals surface area (Å²) in [5.74, 6) is 0. The highest BCUT2D eigenvalue weighted by atomic mass is 32.1. The molecule has 0 fully saturated rings. The van der Waals surface area contributed by atoms with Gasteiger partial charge < -0.3 is 14.2 Å². The Kier molecular flexibility index (Phi) is 8.76. The van der Waals surface area contributed by atoms with Gasteiger partial charge in [0.2, 0.25) is 0 Å². The number of hydrogen-bond donors (Lipinski definition) is 0. The number of nitrogens with zero attached hydrogens (tertiary/aromatic N) is 2. The molecule has 1 aliphatic heterocycles. The van der Waals surface area contributed by atoms with E-state index in [1.54, 1.807) is 0 Å². The lowest BCUT2D eigenvalue weighted by Crippen LogP contribution is -2.31. The normalized spacial score (nSPS) is 15.5. The van der Waals surface area contributed by atoms with Crippen LogP contribution in [0, 0.1) is 0 Å². The Morgan fingerprint density at radius 2 is 1.39 bits per heavy atom. The average molecular weight is 759 g/mol. The van der Waals surface area contributed by atoms with E-state index in [1.165, 1.54) is 59.2 Å². The van der Waals surface area contributed by atoms with Gasteiger partial charge in [-0.3, -0.25) is 0 Å². The molecule has 0 saturated heterocycles. The first-order valence-corrected chi connectivity index (χ1v) is 21.1. The molecule has 2 aromatic heterocycles. The molecule has 57 heavy (non-hydrogen) atoms. The topological polar surface area (TPSA) is 19.6 Å². The van der Waals surface area contributed by atoms with Crippen molar-refractivity contribution in [2.75, 3.05) is 9.80 Å². The first kappa shape index (κ1) is 35.3. The van der Waals surface area contributed by atoms with Gasteiger partial charge in [-0.1, -0.05) is 124 Å². The molecule has 0 N–H and O–H groups in total. The van der Waals surface area contributed by atoms with Crippen LogP contribution in [0.15, 0.2) is 144 Å². The second-order valence-electron chi connectivity index (χ2n) is 15.9. The van der Waals surface area contributed by atoms with E-state index in [-0.39, 0.29) is 11.5 Å². The van der Waals surface area contributed by atoms with Gasteiger partial charge in [-0.05, 0) is 109 Å². The summed E-state index contributed by atoms with van der Waals surface area (Å²) in [6.07, 6.45) is 12.5. The van der Waals surface area contributed by atoms with Crippen molar-refractivity contribution in [2.45, 2.75) is 58.4 Å². The third-order valence-corrected chi connectivity index (χ3v) is 13.2. The predicted octanol–water partition coefficient (Wildman–Crippen LogP) is 12.0. The third kappa shape index (κ3) is 5.93. The zero-order valence-electron chi connectivity index (χ0n) is 33.0. The zero-order valence-corrected chi connectivity index (χ0v) is 33.8. The summed E-state index contributed by atoms with van der Waals surface area (Å²) >= 11 is 1.94. The van der Waals surface area contributed by atoms with Crippen LogP contribution in [0.2, 0.25) is 0 Å². The van der Waals surface area contributed by atoms with Gasteiger partial charge >= 0.3 is 0 Å². The second kappa shape index (κ2) is 14.1. The summed E-state index contributed by atoms with van der Waals surface area (Å²) in [5.41, 5.74) is 12.9. The third-order valence-electron chi connectivity index (χ3n) is 11.9. The van der Waals surface area contributed by atoms with Gasteiger partial charge in [0.15, 0.2) is 0 Å². The van der Waals surface area contributed by atoms with E-state index in [0.717, 1.165) is 52.2 Å². The highest BCUT2D eigenvalue weighted by Crippen LogP contribution is 2.52. The van der Waals surface area contributed by atoms with Crippen LogP contribution in [0.5, 0.6) is 0 Å². The molecule has 3 nitrogen and oxygen atoms in total. The minimum atomic E-state index is -0.115. The van der Waals surface area contributed by atoms with E-state index in [2.05, 4.69) is 195 Å². The van der Waals surface area contributed by atoms with E-state index in [9.17, 15) is 0 Å². The van der Waals surface area contributed by atoms with Crippen LogP contribution in [-0.4, -0.2) is 6.04 Å². The van der Waals surface area contributed by atoms with Gasteiger partial charge in [-0.25, -0.2) is 0 Å². The fraction of sp³-hybridized carbons (Fsp3) is 0.170. The maximum Gasteiger partial charge on any atom is 0.135 e. The molecule has 0 bridgehead atoms. The quantitative estimate of drug-likeness (QED) is 0.161. The molecule has 10 rings (SSSR count). The van der Waals surface area contributed by atoms with Crippen molar-refractivity contribution < 1.29 is 4.42 Å². The fourth-order valence-electron chi connectivity index (χ4n) is 9.23. The number of rotatable bonds is 7. The number of furan rings is 1. The Morgan fingerprint density at radius 3 is 2.12 bits per heavy atom. The Labute approximate surface area is 338 Å². The molecule has 0 radical (unpaired) electrons. The van der Waals surface area contributed by atoms with Gasteiger partial charge in [0.05, 0.1) is 17.4 Å². The van der Waals surface area contributed by atoms with E-state index < -0.39 is 0 Å². The lowest BCUT2D eigenvalue weighted by molar-refractivity contribution is 0.573. The summed E-state index contributed by atoms with van der Waals surface area (Å²) in [7, 11) is 0. The van der Waals surface area contributed by atoms with Crippen LogP contribution < -0.4 is 30.2 Å². The monoisotopic (exact) mass is 758 g/mol.